The zero-order chi connectivity index (χ0) is 21.5. The first kappa shape index (κ1) is 21.3. The average Bonchev–Trinajstić information content (AvgIpc) is 2.78. The van der Waals surface area contributed by atoms with Gasteiger partial charge in [0.25, 0.3) is 11.6 Å². The third-order valence-electron chi connectivity index (χ3n) is 5.17. The highest BCUT2D eigenvalue weighted by molar-refractivity contribution is 5.96. The van der Waals surface area contributed by atoms with Crippen LogP contribution in [0.2, 0.25) is 0 Å². The van der Waals surface area contributed by atoms with Crippen molar-refractivity contribution in [3.05, 3.63) is 64.2 Å². The molecule has 0 spiro atoms. The van der Waals surface area contributed by atoms with Gasteiger partial charge in [0, 0.05) is 61.7 Å². The number of nitrogens with zero attached hydrogens (tertiary/aromatic N) is 3. The first-order valence-electron chi connectivity index (χ1n) is 10.2. The third kappa shape index (κ3) is 5.34. The molecule has 0 bridgehead atoms. The van der Waals surface area contributed by atoms with Crippen molar-refractivity contribution >= 4 is 28.9 Å². The van der Waals surface area contributed by atoms with Crippen LogP contribution in [0.3, 0.4) is 0 Å². The summed E-state index contributed by atoms with van der Waals surface area (Å²) < 4.78 is 0. The minimum Gasteiger partial charge on any atom is -0.368 e. The Labute approximate surface area is 175 Å². The molecule has 2 aromatic carbocycles. The molecule has 1 aliphatic heterocycles. The van der Waals surface area contributed by atoms with Crippen LogP contribution in [0.15, 0.2) is 48.5 Å². The standard InChI is InChI=1S/C22H26N4O4/c1-2-3-4-21(27)23-18-7-5-17(6-8-18)22(28)25-15-13-24(14-16-25)19-9-11-20(12-10-19)26(29)30/h5-12H,2-4,13-16H2,1H3,(H,23,27). The van der Waals surface area contributed by atoms with Gasteiger partial charge < -0.3 is 15.1 Å². The minimum atomic E-state index is -0.414. The first-order valence-corrected chi connectivity index (χ1v) is 10.2. The number of unbranched alkanes of at least 4 members (excludes halogenated alkanes) is 1. The molecule has 8 heteroatoms. The molecule has 158 valence electrons. The van der Waals surface area contributed by atoms with Gasteiger partial charge in [-0.05, 0) is 42.8 Å². The van der Waals surface area contributed by atoms with Crippen LogP contribution in [-0.4, -0.2) is 47.8 Å². The predicted octanol–water partition coefficient (Wildman–Crippen LogP) is 3.69. The molecule has 0 atom stereocenters. The molecule has 1 N–H and O–H groups in total. The van der Waals surface area contributed by atoms with Gasteiger partial charge in [0.1, 0.15) is 0 Å². The molecular weight excluding hydrogens is 384 g/mol. The summed E-state index contributed by atoms with van der Waals surface area (Å²) in [6.45, 7) is 4.51. The Kier molecular flexibility index (Phi) is 7.00. The number of non-ortho nitro benzene ring substituents is 1. The highest BCUT2D eigenvalue weighted by atomic mass is 16.6. The molecule has 0 aliphatic carbocycles. The molecule has 1 heterocycles. The topological polar surface area (TPSA) is 95.8 Å². The maximum atomic E-state index is 12.8. The van der Waals surface area contributed by atoms with Crippen LogP contribution in [-0.2, 0) is 4.79 Å². The number of benzene rings is 2. The second-order valence-corrected chi connectivity index (χ2v) is 7.28. The van der Waals surface area contributed by atoms with Crippen LogP contribution in [0.1, 0.15) is 36.5 Å². The SMILES string of the molecule is CCCCC(=O)Nc1ccc(C(=O)N2CCN(c3ccc([N+](=O)[O-])cc3)CC2)cc1. The zero-order valence-electron chi connectivity index (χ0n) is 17.0. The fraction of sp³-hybridized carbons (Fsp3) is 0.364. The van der Waals surface area contributed by atoms with Gasteiger partial charge in [0.15, 0.2) is 0 Å². The van der Waals surface area contributed by atoms with Gasteiger partial charge >= 0.3 is 0 Å². The number of hydrogen-bond acceptors (Lipinski definition) is 5. The second kappa shape index (κ2) is 9.87. The van der Waals surface area contributed by atoms with Gasteiger partial charge in [0.2, 0.25) is 5.91 Å². The summed E-state index contributed by atoms with van der Waals surface area (Å²) in [5.41, 5.74) is 2.26. The Balaban J connectivity index is 1.53. The lowest BCUT2D eigenvalue weighted by Crippen LogP contribution is -2.48. The predicted molar refractivity (Wildman–Crippen MR) is 116 cm³/mol. The number of nitro groups is 1. The molecule has 1 saturated heterocycles. The Morgan fingerprint density at radius 2 is 1.63 bits per heavy atom. The minimum absolute atomic E-state index is 0.0155. The van der Waals surface area contributed by atoms with Gasteiger partial charge in [-0.15, -0.1) is 0 Å². The van der Waals surface area contributed by atoms with Crippen molar-refractivity contribution in [3.8, 4) is 0 Å². The van der Waals surface area contributed by atoms with Crippen LogP contribution in [0.5, 0.6) is 0 Å². The molecule has 8 nitrogen and oxygen atoms in total. The summed E-state index contributed by atoms with van der Waals surface area (Å²) in [5.74, 6) is -0.0551. The number of rotatable bonds is 7. The van der Waals surface area contributed by atoms with Gasteiger partial charge in [-0.3, -0.25) is 19.7 Å². The van der Waals surface area contributed by atoms with Crippen LogP contribution in [0, 0.1) is 10.1 Å². The van der Waals surface area contributed by atoms with E-state index in [-0.39, 0.29) is 17.5 Å². The van der Waals surface area contributed by atoms with E-state index in [1.807, 2.05) is 6.92 Å². The molecule has 2 amide bonds. The Morgan fingerprint density at radius 1 is 1.00 bits per heavy atom. The highest BCUT2D eigenvalue weighted by Crippen LogP contribution is 2.21. The first-order chi connectivity index (χ1) is 14.5. The molecule has 2 aromatic rings. The van der Waals surface area contributed by atoms with Crippen molar-refractivity contribution in [3.63, 3.8) is 0 Å². The molecule has 1 fully saturated rings. The van der Waals surface area contributed by atoms with E-state index in [0.717, 1.165) is 18.5 Å². The van der Waals surface area contributed by atoms with E-state index in [4.69, 9.17) is 0 Å². The number of nitro benzene ring substituents is 1. The van der Waals surface area contributed by atoms with E-state index >= 15 is 0 Å². The Bertz CT molecular complexity index is 888. The van der Waals surface area contributed by atoms with E-state index in [9.17, 15) is 19.7 Å². The quantitative estimate of drug-likeness (QED) is 0.555. The molecule has 0 unspecified atom stereocenters. The number of piperazine rings is 1. The molecule has 0 saturated carbocycles. The summed E-state index contributed by atoms with van der Waals surface area (Å²) in [5, 5.41) is 13.6. The van der Waals surface area contributed by atoms with Crippen LogP contribution < -0.4 is 10.2 Å². The van der Waals surface area contributed by atoms with E-state index < -0.39 is 4.92 Å². The van der Waals surface area contributed by atoms with Crippen LogP contribution in [0.25, 0.3) is 0 Å². The maximum Gasteiger partial charge on any atom is 0.269 e. The normalized spacial score (nSPS) is 13.8. The molecule has 1 aliphatic rings. The molecule has 0 aromatic heterocycles. The molecule has 3 rings (SSSR count). The largest absolute Gasteiger partial charge is 0.368 e. The van der Waals surface area contributed by atoms with Crippen molar-refractivity contribution in [2.24, 2.45) is 0 Å². The number of carbonyl (C=O) groups excluding carboxylic acids is 2. The summed E-state index contributed by atoms with van der Waals surface area (Å²) in [6, 6.07) is 13.5. The fourth-order valence-electron chi connectivity index (χ4n) is 3.39. The van der Waals surface area contributed by atoms with E-state index in [1.165, 1.54) is 12.1 Å². The summed E-state index contributed by atoms with van der Waals surface area (Å²) in [7, 11) is 0. The summed E-state index contributed by atoms with van der Waals surface area (Å²) >= 11 is 0. The van der Waals surface area contributed by atoms with Crippen molar-refractivity contribution in [2.75, 3.05) is 36.4 Å². The second-order valence-electron chi connectivity index (χ2n) is 7.28. The van der Waals surface area contributed by atoms with Crippen LogP contribution >= 0.6 is 0 Å². The number of amides is 2. The van der Waals surface area contributed by atoms with Crippen LogP contribution in [0.4, 0.5) is 17.1 Å². The zero-order valence-corrected chi connectivity index (χ0v) is 17.0. The van der Waals surface area contributed by atoms with Gasteiger partial charge in [-0.2, -0.15) is 0 Å². The number of nitrogens with one attached hydrogen (secondary N) is 1. The lowest BCUT2D eigenvalue weighted by Gasteiger charge is -2.36. The van der Waals surface area contributed by atoms with Gasteiger partial charge in [0.05, 0.1) is 4.92 Å². The molecule has 30 heavy (non-hydrogen) atoms. The fourth-order valence-corrected chi connectivity index (χ4v) is 3.39. The van der Waals surface area contributed by atoms with E-state index in [0.29, 0.717) is 43.9 Å². The van der Waals surface area contributed by atoms with Crippen molar-refractivity contribution < 1.29 is 14.5 Å². The lowest BCUT2D eigenvalue weighted by molar-refractivity contribution is -0.384. The third-order valence-corrected chi connectivity index (χ3v) is 5.17. The number of anilines is 2. The monoisotopic (exact) mass is 410 g/mol. The van der Waals surface area contributed by atoms with Crippen molar-refractivity contribution in [1.82, 2.24) is 4.90 Å². The molecular formula is C22H26N4O4. The van der Waals surface area contributed by atoms with E-state index in [1.54, 1.807) is 41.3 Å². The summed E-state index contributed by atoms with van der Waals surface area (Å²) in [6.07, 6.45) is 2.32. The van der Waals surface area contributed by atoms with Crippen molar-refractivity contribution in [2.45, 2.75) is 26.2 Å². The van der Waals surface area contributed by atoms with Crippen molar-refractivity contribution in [1.29, 1.82) is 0 Å². The lowest BCUT2D eigenvalue weighted by atomic mass is 10.1. The Morgan fingerprint density at radius 3 is 2.20 bits per heavy atom. The summed E-state index contributed by atoms with van der Waals surface area (Å²) in [4.78, 5) is 38.9. The maximum absolute atomic E-state index is 12.8. The van der Waals surface area contributed by atoms with Gasteiger partial charge in [-0.25, -0.2) is 0 Å². The number of hydrogen-bond donors (Lipinski definition) is 1. The number of carbonyl (C=O) groups is 2. The highest BCUT2D eigenvalue weighted by Gasteiger charge is 2.22. The smallest absolute Gasteiger partial charge is 0.269 e. The molecule has 0 radical (unpaired) electrons. The van der Waals surface area contributed by atoms with E-state index in [2.05, 4.69) is 10.2 Å². The Hall–Kier alpha value is -3.42. The average molecular weight is 410 g/mol. The van der Waals surface area contributed by atoms with Gasteiger partial charge in [-0.1, -0.05) is 13.3 Å².